The average Bonchev–Trinajstić information content (AvgIpc) is 3.04. The van der Waals surface area contributed by atoms with Crippen molar-refractivity contribution in [3.8, 4) is 0 Å². The van der Waals surface area contributed by atoms with Gasteiger partial charge in [0.25, 0.3) is 5.91 Å². The number of nitrogens with zero attached hydrogens (tertiary/aromatic N) is 2. The normalized spacial score (nSPS) is 15.9. The van der Waals surface area contributed by atoms with E-state index >= 15 is 0 Å². The zero-order chi connectivity index (χ0) is 21.3. The van der Waals surface area contributed by atoms with Gasteiger partial charge >= 0.3 is 0 Å². The molecular weight excluding hydrogens is 400 g/mol. The highest BCUT2D eigenvalue weighted by Crippen LogP contribution is 2.38. The molecular formula is C24H25ClN2O3. The highest BCUT2D eigenvalue weighted by molar-refractivity contribution is 6.31. The van der Waals surface area contributed by atoms with Crippen molar-refractivity contribution in [3.05, 3.63) is 80.7 Å². The van der Waals surface area contributed by atoms with E-state index in [4.69, 9.17) is 16.0 Å². The van der Waals surface area contributed by atoms with E-state index in [2.05, 4.69) is 18.7 Å². The first-order chi connectivity index (χ1) is 14.5. The number of amides is 1. The van der Waals surface area contributed by atoms with Gasteiger partial charge in [0.05, 0.1) is 17.0 Å². The number of rotatable bonds is 7. The van der Waals surface area contributed by atoms with Crippen LogP contribution in [0, 0.1) is 0 Å². The smallest absolute Gasteiger partial charge is 0.290 e. The molecule has 1 aliphatic rings. The molecule has 1 amide bonds. The molecule has 2 heterocycles. The first-order valence-corrected chi connectivity index (χ1v) is 10.8. The molecule has 2 aromatic carbocycles. The summed E-state index contributed by atoms with van der Waals surface area (Å²) in [4.78, 5) is 30.8. The maximum Gasteiger partial charge on any atom is 0.290 e. The Morgan fingerprint density at radius 2 is 1.80 bits per heavy atom. The molecule has 0 fully saturated rings. The molecule has 156 valence electrons. The summed E-state index contributed by atoms with van der Waals surface area (Å²) >= 11 is 6.12. The molecule has 4 rings (SSSR count). The lowest BCUT2D eigenvalue weighted by Crippen LogP contribution is -2.33. The predicted octanol–water partition coefficient (Wildman–Crippen LogP) is 4.72. The van der Waals surface area contributed by atoms with Gasteiger partial charge in [-0.25, -0.2) is 0 Å². The molecule has 3 aromatic rings. The minimum absolute atomic E-state index is 0.145. The minimum atomic E-state index is -0.454. The Morgan fingerprint density at radius 3 is 2.50 bits per heavy atom. The monoisotopic (exact) mass is 424 g/mol. The molecule has 1 aromatic heterocycles. The Balaban J connectivity index is 1.79. The van der Waals surface area contributed by atoms with E-state index in [-0.39, 0.29) is 17.1 Å². The zero-order valence-electron chi connectivity index (χ0n) is 17.2. The standard InChI is InChI=1S/C24H25ClN2O3/c1-3-26(4-2)13-8-14-27-21(16-9-6-5-7-10-16)20-22(28)18-15-17(25)11-12-19(18)30-23(20)24(27)29/h5-7,9-12,15,21H,3-4,8,13-14H2,1-2H3. The van der Waals surface area contributed by atoms with E-state index < -0.39 is 6.04 Å². The summed E-state index contributed by atoms with van der Waals surface area (Å²) in [6.07, 6.45) is 0.824. The lowest BCUT2D eigenvalue weighted by atomic mass is 9.98. The van der Waals surface area contributed by atoms with Crippen molar-refractivity contribution in [3.63, 3.8) is 0 Å². The predicted molar refractivity (Wildman–Crippen MR) is 119 cm³/mol. The van der Waals surface area contributed by atoms with Gasteiger partial charge in [-0.1, -0.05) is 55.8 Å². The quantitative estimate of drug-likeness (QED) is 0.550. The highest BCUT2D eigenvalue weighted by Gasteiger charge is 2.42. The maximum atomic E-state index is 13.4. The number of fused-ring (bicyclic) bond motifs is 2. The third-order valence-electron chi connectivity index (χ3n) is 5.81. The van der Waals surface area contributed by atoms with Gasteiger partial charge in [0.15, 0.2) is 5.43 Å². The Morgan fingerprint density at radius 1 is 1.07 bits per heavy atom. The Labute approximate surface area is 180 Å². The summed E-state index contributed by atoms with van der Waals surface area (Å²) < 4.78 is 5.94. The first kappa shape index (κ1) is 20.6. The van der Waals surface area contributed by atoms with Crippen LogP contribution in [-0.4, -0.2) is 41.9 Å². The number of halogens is 1. The summed E-state index contributed by atoms with van der Waals surface area (Å²) in [5.41, 5.74) is 1.50. The van der Waals surface area contributed by atoms with Crippen LogP contribution < -0.4 is 5.43 Å². The fourth-order valence-corrected chi connectivity index (χ4v) is 4.38. The van der Waals surface area contributed by atoms with Crippen molar-refractivity contribution in [1.29, 1.82) is 0 Å². The van der Waals surface area contributed by atoms with Gasteiger partial charge in [-0.2, -0.15) is 0 Å². The van der Waals surface area contributed by atoms with Gasteiger partial charge in [0, 0.05) is 11.6 Å². The Kier molecular flexibility index (Phi) is 5.93. The third kappa shape index (κ3) is 3.64. The van der Waals surface area contributed by atoms with Gasteiger partial charge < -0.3 is 14.2 Å². The average molecular weight is 425 g/mol. The minimum Gasteiger partial charge on any atom is -0.450 e. The van der Waals surface area contributed by atoms with Crippen molar-refractivity contribution in [1.82, 2.24) is 9.80 Å². The van der Waals surface area contributed by atoms with Gasteiger partial charge in [-0.15, -0.1) is 0 Å². The topological polar surface area (TPSA) is 53.8 Å². The van der Waals surface area contributed by atoms with E-state index in [0.29, 0.717) is 28.1 Å². The number of carbonyl (C=O) groups excluding carboxylic acids is 1. The maximum absolute atomic E-state index is 13.4. The van der Waals surface area contributed by atoms with Gasteiger partial charge in [-0.05, 0) is 49.8 Å². The molecule has 1 atom stereocenters. The van der Waals surface area contributed by atoms with Crippen LogP contribution in [0.1, 0.15) is 48.0 Å². The fraction of sp³-hybridized carbons (Fsp3) is 0.333. The zero-order valence-corrected chi connectivity index (χ0v) is 18.0. The number of hydrogen-bond donors (Lipinski definition) is 0. The second kappa shape index (κ2) is 8.62. The molecule has 0 spiro atoms. The van der Waals surface area contributed by atoms with Crippen LogP contribution in [0.3, 0.4) is 0 Å². The van der Waals surface area contributed by atoms with Crippen LogP contribution in [0.15, 0.2) is 57.7 Å². The molecule has 30 heavy (non-hydrogen) atoms. The number of carbonyl (C=O) groups is 1. The molecule has 5 nitrogen and oxygen atoms in total. The highest BCUT2D eigenvalue weighted by atomic mass is 35.5. The van der Waals surface area contributed by atoms with Crippen LogP contribution in [0.5, 0.6) is 0 Å². The van der Waals surface area contributed by atoms with E-state index in [1.54, 1.807) is 23.1 Å². The van der Waals surface area contributed by atoms with Crippen molar-refractivity contribution >= 4 is 28.5 Å². The second-order valence-electron chi connectivity index (χ2n) is 7.51. The van der Waals surface area contributed by atoms with Crippen molar-refractivity contribution < 1.29 is 9.21 Å². The van der Waals surface area contributed by atoms with Gasteiger partial charge in [0.2, 0.25) is 5.76 Å². The molecule has 0 saturated carbocycles. The summed E-state index contributed by atoms with van der Waals surface area (Å²) in [7, 11) is 0. The van der Waals surface area contributed by atoms with Crippen LogP contribution >= 0.6 is 11.6 Å². The molecule has 0 saturated heterocycles. The van der Waals surface area contributed by atoms with Crippen LogP contribution in [0.4, 0.5) is 0 Å². The molecule has 1 aliphatic heterocycles. The lowest BCUT2D eigenvalue weighted by molar-refractivity contribution is 0.0720. The number of benzene rings is 2. The fourth-order valence-electron chi connectivity index (χ4n) is 4.21. The van der Waals surface area contributed by atoms with Gasteiger partial charge in [-0.3, -0.25) is 9.59 Å². The third-order valence-corrected chi connectivity index (χ3v) is 6.05. The SMILES string of the molecule is CCN(CC)CCCN1C(=O)c2oc3ccc(Cl)cc3c(=O)c2C1c1ccccc1. The van der Waals surface area contributed by atoms with Crippen LogP contribution in [-0.2, 0) is 0 Å². The largest absolute Gasteiger partial charge is 0.450 e. The lowest BCUT2D eigenvalue weighted by Gasteiger charge is -2.26. The summed E-state index contributed by atoms with van der Waals surface area (Å²) in [5.74, 6) is -0.0844. The van der Waals surface area contributed by atoms with E-state index in [0.717, 1.165) is 31.6 Å². The van der Waals surface area contributed by atoms with Crippen molar-refractivity contribution in [2.45, 2.75) is 26.3 Å². The number of hydrogen-bond acceptors (Lipinski definition) is 4. The van der Waals surface area contributed by atoms with Crippen LogP contribution in [0.25, 0.3) is 11.0 Å². The Hall–Kier alpha value is -2.63. The molecule has 0 aliphatic carbocycles. The Bertz CT molecular complexity index is 1120. The van der Waals surface area contributed by atoms with Crippen molar-refractivity contribution in [2.24, 2.45) is 0 Å². The van der Waals surface area contributed by atoms with E-state index in [9.17, 15) is 9.59 Å². The summed E-state index contributed by atoms with van der Waals surface area (Å²) in [5, 5.41) is 0.867. The van der Waals surface area contributed by atoms with Crippen LogP contribution in [0.2, 0.25) is 5.02 Å². The first-order valence-electron chi connectivity index (χ1n) is 10.4. The molecule has 0 N–H and O–H groups in total. The molecule has 6 heteroatoms. The van der Waals surface area contributed by atoms with Gasteiger partial charge in [0.1, 0.15) is 5.58 Å². The molecule has 1 unspecified atom stereocenters. The van der Waals surface area contributed by atoms with E-state index in [1.807, 2.05) is 30.3 Å². The summed E-state index contributed by atoms with van der Waals surface area (Å²) in [6, 6.07) is 14.1. The summed E-state index contributed by atoms with van der Waals surface area (Å²) in [6.45, 7) is 7.65. The molecule has 0 bridgehead atoms. The second-order valence-corrected chi connectivity index (χ2v) is 7.94. The van der Waals surface area contributed by atoms with E-state index in [1.165, 1.54) is 0 Å². The van der Waals surface area contributed by atoms with Crippen molar-refractivity contribution in [2.75, 3.05) is 26.2 Å². The molecule has 0 radical (unpaired) electrons.